The second kappa shape index (κ2) is 3.99. The molecule has 0 amide bonds. The lowest BCUT2D eigenvalue weighted by Crippen LogP contribution is -1.87. The third-order valence-electron chi connectivity index (χ3n) is 1.57. The van der Waals surface area contributed by atoms with Crippen LogP contribution in [0.1, 0.15) is 25.0 Å². The normalized spacial score (nSPS) is 10.8. The van der Waals surface area contributed by atoms with E-state index in [1.54, 1.807) is 0 Å². The van der Waals surface area contributed by atoms with Crippen LogP contribution in [0.3, 0.4) is 0 Å². The summed E-state index contributed by atoms with van der Waals surface area (Å²) in [5.41, 5.74) is 2.72. The lowest BCUT2D eigenvalue weighted by Gasteiger charge is -2.06. The van der Waals surface area contributed by atoms with Gasteiger partial charge in [0, 0.05) is 10.1 Å². The largest absolute Gasteiger partial charge is 0.123 e. The fraction of sp³-hybridized carbons (Fsp3) is 0.455. The maximum absolute atomic E-state index is 2.25. The third kappa shape index (κ3) is 2.90. The Labute approximate surface area is 79.4 Å². The molecule has 0 atom stereocenters. The van der Waals surface area contributed by atoms with E-state index in [1.807, 2.05) is 11.8 Å². The van der Waals surface area contributed by atoms with Crippen LogP contribution in [0.2, 0.25) is 0 Å². The summed E-state index contributed by atoms with van der Waals surface area (Å²) < 4.78 is 0. The van der Waals surface area contributed by atoms with Crippen molar-refractivity contribution in [2.45, 2.75) is 37.8 Å². The van der Waals surface area contributed by atoms with Crippen LogP contribution in [-0.4, -0.2) is 5.25 Å². The molecule has 0 bridgehead atoms. The van der Waals surface area contributed by atoms with Crippen LogP contribution in [0.4, 0.5) is 0 Å². The van der Waals surface area contributed by atoms with Crippen LogP contribution in [0.5, 0.6) is 0 Å². The lowest BCUT2D eigenvalue weighted by molar-refractivity contribution is 1.11. The fourth-order valence-electron chi connectivity index (χ4n) is 1.27. The number of hydrogen-bond donors (Lipinski definition) is 0. The summed E-state index contributed by atoms with van der Waals surface area (Å²) in [5.74, 6) is 0. The molecule has 0 aromatic heterocycles. The molecular formula is C11H16S. The van der Waals surface area contributed by atoms with E-state index in [0.717, 1.165) is 0 Å². The molecule has 1 aromatic carbocycles. The van der Waals surface area contributed by atoms with E-state index < -0.39 is 0 Å². The predicted octanol–water partition coefficient (Wildman–Crippen LogP) is 3.80. The second-order valence-electron chi connectivity index (χ2n) is 3.49. The Morgan fingerprint density at radius 1 is 1.00 bits per heavy atom. The highest BCUT2D eigenvalue weighted by Crippen LogP contribution is 2.24. The van der Waals surface area contributed by atoms with Crippen LogP contribution >= 0.6 is 11.8 Å². The zero-order chi connectivity index (χ0) is 9.14. The minimum atomic E-state index is 0.672. The first kappa shape index (κ1) is 9.66. The van der Waals surface area contributed by atoms with Gasteiger partial charge in [0.1, 0.15) is 0 Å². The number of aryl methyl sites for hydroxylation is 2. The average molecular weight is 180 g/mol. The maximum Gasteiger partial charge on any atom is 0.00798 e. The summed E-state index contributed by atoms with van der Waals surface area (Å²) in [7, 11) is 0. The van der Waals surface area contributed by atoms with Gasteiger partial charge in [-0.05, 0) is 37.1 Å². The molecule has 0 aliphatic rings. The van der Waals surface area contributed by atoms with E-state index in [-0.39, 0.29) is 0 Å². The molecule has 0 saturated heterocycles. The first-order valence-electron chi connectivity index (χ1n) is 4.33. The van der Waals surface area contributed by atoms with Crippen molar-refractivity contribution in [3.05, 3.63) is 29.3 Å². The standard InChI is InChI=1S/C11H16S/c1-8(2)12-11-6-9(3)5-10(4)7-11/h5-8H,1-4H3. The molecule has 1 rings (SSSR count). The van der Waals surface area contributed by atoms with Crippen molar-refractivity contribution in [3.63, 3.8) is 0 Å². The molecule has 1 heteroatoms. The smallest absolute Gasteiger partial charge is 0.00798 e. The maximum atomic E-state index is 2.25. The Morgan fingerprint density at radius 3 is 1.92 bits per heavy atom. The SMILES string of the molecule is Cc1cc(C)cc(SC(C)C)c1. The van der Waals surface area contributed by atoms with Crippen LogP contribution in [0, 0.1) is 13.8 Å². The van der Waals surface area contributed by atoms with Gasteiger partial charge in [0.15, 0.2) is 0 Å². The zero-order valence-corrected chi connectivity index (χ0v) is 9.03. The minimum Gasteiger partial charge on any atom is -0.123 e. The van der Waals surface area contributed by atoms with Crippen LogP contribution in [0.15, 0.2) is 23.1 Å². The predicted molar refractivity (Wildman–Crippen MR) is 56.9 cm³/mol. The summed E-state index contributed by atoms with van der Waals surface area (Å²) in [4.78, 5) is 1.39. The van der Waals surface area contributed by atoms with Gasteiger partial charge >= 0.3 is 0 Å². The van der Waals surface area contributed by atoms with Gasteiger partial charge in [0.25, 0.3) is 0 Å². The monoisotopic (exact) mass is 180 g/mol. The molecule has 0 N–H and O–H groups in total. The van der Waals surface area contributed by atoms with E-state index in [0.29, 0.717) is 5.25 Å². The van der Waals surface area contributed by atoms with E-state index in [9.17, 15) is 0 Å². The average Bonchev–Trinajstić information content (AvgIpc) is 1.81. The first-order chi connectivity index (χ1) is 5.58. The van der Waals surface area contributed by atoms with Gasteiger partial charge in [0.05, 0.1) is 0 Å². The first-order valence-corrected chi connectivity index (χ1v) is 5.21. The lowest BCUT2D eigenvalue weighted by atomic mass is 10.2. The van der Waals surface area contributed by atoms with E-state index in [1.165, 1.54) is 16.0 Å². The van der Waals surface area contributed by atoms with Gasteiger partial charge in [-0.25, -0.2) is 0 Å². The van der Waals surface area contributed by atoms with Crippen molar-refractivity contribution in [3.8, 4) is 0 Å². The van der Waals surface area contributed by atoms with E-state index in [4.69, 9.17) is 0 Å². The minimum absolute atomic E-state index is 0.672. The molecule has 0 nitrogen and oxygen atoms in total. The van der Waals surface area contributed by atoms with E-state index >= 15 is 0 Å². The molecule has 12 heavy (non-hydrogen) atoms. The topological polar surface area (TPSA) is 0 Å². The Hall–Kier alpha value is -0.430. The Morgan fingerprint density at radius 2 is 1.50 bits per heavy atom. The van der Waals surface area contributed by atoms with Crippen molar-refractivity contribution in [2.24, 2.45) is 0 Å². The quantitative estimate of drug-likeness (QED) is 0.624. The van der Waals surface area contributed by atoms with Gasteiger partial charge in [-0.3, -0.25) is 0 Å². The van der Waals surface area contributed by atoms with Gasteiger partial charge < -0.3 is 0 Å². The van der Waals surface area contributed by atoms with Gasteiger partial charge in [-0.15, -0.1) is 11.8 Å². The summed E-state index contributed by atoms with van der Waals surface area (Å²) in [5, 5.41) is 0.672. The summed E-state index contributed by atoms with van der Waals surface area (Å²) >= 11 is 1.93. The molecule has 0 radical (unpaired) electrons. The van der Waals surface area contributed by atoms with Crippen molar-refractivity contribution in [1.82, 2.24) is 0 Å². The molecule has 66 valence electrons. The highest BCUT2D eigenvalue weighted by atomic mass is 32.2. The summed E-state index contributed by atoms with van der Waals surface area (Å²) in [6, 6.07) is 6.71. The molecule has 0 heterocycles. The molecule has 0 spiro atoms. The van der Waals surface area contributed by atoms with Gasteiger partial charge in [0.2, 0.25) is 0 Å². The van der Waals surface area contributed by atoms with Gasteiger partial charge in [-0.2, -0.15) is 0 Å². The molecule has 0 saturated carbocycles. The Kier molecular flexibility index (Phi) is 3.21. The number of thioether (sulfide) groups is 1. The van der Waals surface area contributed by atoms with E-state index in [2.05, 4.69) is 45.9 Å². The fourth-order valence-corrected chi connectivity index (χ4v) is 2.33. The highest BCUT2D eigenvalue weighted by molar-refractivity contribution is 7.99. The van der Waals surface area contributed by atoms with Crippen LogP contribution in [0.25, 0.3) is 0 Å². The molecular weight excluding hydrogens is 164 g/mol. The Bertz CT molecular complexity index is 243. The van der Waals surface area contributed by atoms with Crippen molar-refractivity contribution < 1.29 is 0 Å². The molecule has 0 aliphatic carbocycles. The molecule has 1 aromatic rings. The molecule has 0 unspecified atom stereocenters. The Balaban J connectivity index is 2.85. The number of hydrogen-bond acceptors (Lipinski definition) is 1. The molecule has 0 aliphatic heterocycles. The van der Waals surface area contributed by atoms with Crippen molar-refractivity contribution in [2.75, 3.05) is 0 Å². The van der Waals surface area contributed by atoms with Gasteiger partial charge in [-0.1, -0.05) is 19.9 Å². The number of rotatable bonds is 2. The van der Waals surface area contributed by atoms with Crippen LogP contribution < -0.4 is 0 Å². The number of benzene rings is 1. The summed E-state index contributed by atoms with van der Waals surface area (Å²) in [6.45, 7) is 8.75. The highest BCUT2D eigenvalue weighted by Gasteiger charge is 1.99. The van der Waals surface area contributed by atoms with Crippen LogP contribution in [-0.2, 0) is 0 Å². The molecule has 0 fully saturated rings. The van der Waals surface area contributed by atoms with Crippen molar-refractivity contribution in [1.29, 1.82) is 0 Å². The van der Waals surface area contributed by atoms with Crippen molar-refractivity contribution >= 4 is 11.8 Å². The zero-order valence-electron chi connectivity index (χ0n) is 8.22. The second-order valence-corrected chi connectivity index (χ2v) is 5.14. The summed E-state index contributed by atoms with van der Waals surface area (Å²) in [6.07, 6.45) is 0. The third-order valence-corrected chi connectivity index (χ3v) is 2.55.